The molecule has 3 rings (SSSR count). The summed E-state index contributed by atoms with van der Waals surface area (Å²) in [5.41, 5.74) is 0. The van der Waals surface area contributed by atoms with Gasteiger partial charge in [-0.15, -0.1) is 0 Å². The van der Waals surface area contributed by atoms with E-state index in [-0.39, 0.29) is 36.6 Å². The fourth-order valence-electron chi connectivity index (χ4n) is 3.37. The van der Waals surface area contributed by atoms with E-state index >= 15 is 0 Å². The third kappa shape index (κ3) is 3.47. The first-order valence-corrected chi connectivity index (χ1v) is 8.67. The molecular formula is C17H18BrNO4. The van der Waals surface area contributed by atoms with Crippen LogP contribution in [0.25, 0.3) is 0 Å². The third-order valence-corrected chi connectivity index (χ3v) is 4.99. The van der Waals surface area contributed by atoms with Crippen LogP contribution in [0.1, 0.15) is 32.1 Å². The molecule has 0 unspecified atom stereocenters. The Bertz CT molecular complexity index is 621. The Hall–Kier alpha value is -1.69. The topological polar surface area (TPSA) is 63.7 Å². The predicted octanol–water partition coefficient (Wildman–Crippen LogP) is 2.92. The van der Waals surface area contributed by atoms with E-state index < -0.39 is 5.97 Å². The second-order valence-electron chi connectivity index (χ2n) is 6.01. The van der Waals surface area contributed by atoms with Crippen LogP contribution in [-0.4, -0.2) is 29.2 Å². The highest BCUT2D eigenvalue weighted by Crippen LogP contribution is 2.37. The van der Waals surface area contributed by atoms with E-state index in [4.69, 9.17) is 4.74 Å². The van der Waals surface area contributed by atoms with Crippen molar-refractivity contribution in [2.45, 2.75) is 32.1 Å². The van der Waals surface area contributed by atoms with Gasteiger partial charge in [0.05, 0.1) is 18.3 Å². The van der Waals surface area contributed by atoms with Crippen molar-refractivity contribution in [2.75, 3.05) is 6.54 Å². The molecule has 2 aliphatic rings. The quantitative estimate of drug-likeness (QED) is 0.458. The molecule has 2 fully saturated rings. The number of hydrogen-bond donors (Lipinski definition) is 0. The summed E-state index contributed by atoms with van der Waals surface area (Å²) < 4.78 is 6.04. The van der Waals surface area contributed by atoms with Crippen LogP contribution in [0.4, 0.5) is 0 Å². The Morgan fingerprint density at radius 3 is 2.43 bits per heavy atom. The van der Waals surface area contributed by atoms with E-state index in [2.05, 4.69) is 15.9 Å². The van der Waals surface area contributed by atoms with Crippen molar-refractivity contribution >= 4 is 33.7 Å². The van der Waals surface area contributed by atoms with Crippen molar-refractivity contribution in [3.63, 3.8) is 0 Å². The van der Waals surface area contributed by atoms with E-state index in [9.17, 15) is 14.4 Å². The standard InChI is InChI=1S/C17H18BrNO4/c18-11-4-3-5-12(10-11)23-15(20)8-9-19-16(21)13-6-1-2-7-14(13)17(19)22/h3-5,10,13-14H,1-2,6-9H2/t13-,14+. The van der Waals surface area contributed by atoms with Crippen molar-refractivity contribution in [3.8, 4) is 5.75 Å². The van der Waals surface area contributed by atoms with Gasteiger partial charge in [-0.25, -0.2) is 0 Å². The average molecular weight is 380 g/mol. The van der Waals surface area contributed by atoms with Gasteiger partial charge in [0.2, 0.25) is 11.8 Å². The normalized spacial score (nSPS) is 23.8. The minimum atomic E-state index is -0.446. The maximum absolute atomic E-state index is 12.3. The number of fused-ring (bicyclic) bond motifs is 1. The first kappa shape index (κ1) is 16.2. The Morgan fingerprint density at radius 1 is 1.17 bits per heavy atom. The molecule has 5 nitrogen and oxygen atoms in total. The molecule has 0 spiro atoms. The number of hydrogen-bond acceptors (Lipinski definition) is 4. The molecule has 0 aromatic heterocycles. The van der Waals surface area contributed by atoms with Crippen LogP contribution >= 0.6 is 15.9 Å². The lowest BCUT2D eigenvalue weighted by Crippen LogP contribution is -2.33. The summed E-state index contributed by atoms with van der Waals surface area (Å²) in [6.45, 7) is 0.109. The lowest BCUT2D eigenvalue weighted by molar-refractivity contribution is -0.141. The smallest absolute Gasteiger partial charge is 0.312 e. The van der Waals surface area contributed by atoms with E-state index in [1.807, 2.05) is 6.07 Å². The van der Waals surface area contributed by atoms with Gasteiger partial charge in [0.1, 0.15) is 5.75 Å². The van der Waals surface area contributed by atoms with E-state index in [1.54, 1.807) is 18.2 Å². The summed E-state index contributed by atoms with van der Waals surface area (Å²) in [5.74, 6) is -0.574. The number of imide groups is 1. The summed E-state index contributed by atoms with van der Waals surface area (Å²) in [7, 11) is 0. The van der Waals surface area contributed by atoms with Gasteiger partial charge in [-0.2, -0.15) is 0 Å². The Balaban J connectivity index is 1.56. The molecule has 0 bridgehead atoms. The molecule has 0 radical (unpaired) electrons. The molecule has 1 saturated carbocycles. The second kappa shape index (κ2) is 6.83. The van der Waals surface area contributed by atoms with E-state index in [1.165, 1.54) is 4.90 Å². The Kier molecular flexibility index (Phi) is 4.80. The molecule has 23 heavy (non-hydrogen) atoms. The molecule has 2 amide bonds. The lowest BCUT2D eigenvalue weighted by atomic mass is 9.81. The van der Waals surface area contributed by atoms with Crippen molar-refractivity contribution in [2.24, 2.45) is 11.8 Å². The Labute approximate surface area is 143 Å². The molecule has 122 valence electrons. The third-order valence-electron chi connectivity index (χ3n) is 4.50. The minimum Gasteiger partial charge on any atom is -0.426 e. The molecule has 1 saturated heterocycles. The van der Waals surface area contributed by atoms with Gasteiger partial charge in [0.15, 0.2) is 0 Å². The fraction of sp³-hybridized carbons (Fsp3) is 0.471. The van der Waals surface area contributed by atoms with Crippen LogP contribution in [0.5, 0.6) is 5.75 Å². The number of amides is 2. The highest BCUT2D eigenvalue weighted by molar-refractivity contribution is 9.10. The van der Waals surface area contributed by atoms with Crippen LogP contribution in [0.2, 0.25) is 0 Å². The molecular weight excluding hydrogens is 362 g/mol. The average Bonchev–Trinajstić information content (AvgIpc) is 2.77. The number of esters is 1. The highest BCUT2D eigenvalue weighted by atomic mass is 79.9. The van der Waals surface area contributed by atoms with E-state index in [0.717, 1.165) is 30.2 Å². The second-order valence-corrected chi connectivity index (χ2v) is 6.92. The highest BCUT2D eigenvalue weighted by Gasteiger charge is 2.47. The summed E-state index contributed by atoms with van der Waals surface area (Å²) in [6, 6.07) is 6.98. The zero-order chi connectivity index (χ0) is 16.4. The van der Waals surface area contributed by atoms with Crippen LogP contribution in [0.15, 0.2) is 28.7 Å². The van der Waals surface area contributed by atoms with Gasteiger partial charge in [0.25, 0.3) is 0 Å². The Morgan fingerprint density at radius 2 is 1.83 bits per heavy atom. The summed E-state index contributed by atoms with van der Waals surface area (Å²) >= 11 is 3.31. The van der Waals surface area contributed by atoms with Crippen molar-refractivity contribution in [1.82, 2.24) is 4.90 Å². The maximum Gasteiger partial charge on any atom is 0.312 e. The van der Waals surface area contributed by atoms with Crippen molar-refractivity contribution in [1.29, 1.82) is 0 Å². The van der Waals surface area contributed by atoms with Gasteiger partial charge in [0, 0.05) is 11.0 Å². The largest absolute Gasteiger partial charge is 0.426 e. The number of carbonyl (C=O) groups is 3. The first-order valence-electron chi connectivity index (χ1n) is 7.88. The number of rotatable bonds is 4. The monoisotopic (exact) mass is 379 g/mol. The van der Waals surface area contributed by atoms with Crippen molar-refractivity contribution < 1.29 is 19.1 Å². The molecule has 1 aliphatic carbocycles. The minimum absolute atomic E-state index is 0.0173. The number of nitrogens with zero attached hydrogens (tertiary/aromatic N) is 1. The fourth-order valence-corrected chi connectivity index (χ4v) is 3.75. The van der Waals surface area contributed by atoms with Gasteiger partial charge < -0.3 is 4.74 Å². The number of ether oxygens (including phenoxy) is 1. The maximum atomic E-state index is 12.3. The van der Waals surface area contributed by atoms with Gasteiger partial charge in [-0.05, 0) is 31.0 Å². The number of benzene rings is 1. The molecule has 6 heteroatoms. The van der Waals surface area contributed by atoms with Gasteiger partial charge in [-0.3, -0.25) is 19.3 Å². The number of halogens is 1. The lowest BCUT2D eigenvalue weighted by Gasteiger charge is -2.19. The molecule has 1 aromatic carbocycles. The van der Waals surface area contributed by atoms with E-state index in [0.29, 0.717) is 5.75 Å². The number of carbonyl (C=O) groups excluding carboxylic acids is 3. The van der Waals surface area contributed by atoms with Gasteiger partial charge >= 0.3 is 5.97 Å². The molecule has 1 aromatic rings. The zero-order valence-corrected chi connectivity index (χ0v) is 14.3. The predicted molar refractivity (Wildman–Crippen MR) is 86.6 cm³/mol. The van der Waals surface area contributed by atoms with Crippen molar-refractivity contribution in [3.05, 3.63) is 28.7 Å². The summed E-state index contributed by atoms with van der Waals surface area (Å²) in [5, 5.41) is 0. The SMILES string of the molecule is O=C(CCN1C(=O)[C@H]2CCCC[C@H]2C1=O)Oc1cccc(Br)c1. The van der Waals surface area contributed by atoms with Crippen LogP contribution in [0.3, 0.4) is 0 Å². The summed E-state index contributed by atoms with van der Waals surface area (Å²) in [6.07, 6.45) is 3.59. The van der Waals surface area contributed by atoms with Crippen LogP contribution < -0.4 is 4.74 Å². The first-order chi connectivity index (χ1) is 11.1. The summed E-state index contributed by atoms with van der Waals surface area (Å²) in [4.78, 5) is 37.8. The molecule has 2 atom stereocenters. The molecule has 1 aliphatic heterocycles. The van der Waals surface area contributed by atoms with Crippen LogP contribution in [-0.2, 0) is 14.4 Å². The zero-order valence-electron chi connectivity index (χ0n) is 12.7. The van der Waals surface area contributed by atoms with Crippen LogP contribution in [0, 0.1) is 11.8 Å². The number of likely N-dealkylation sites (tertiary alicyclic amines) is 1. The molecule has 0 N–H and O–H groups in total. The van der Waals surface area contributed by atoms with Gasteiger partial charge in [-0.1, -0.05) is 34.8 Å². The molecule has 1 heterocycles.